The number of aromatic nitrogens is 1. The number of nitrogens with one attached hydrogen (secondary N) is 1. The number of hydrogen-bond acceptors (Lipinski definition) is 5. The summed E-state index contributed by atoms with van der Waals surface area (Å²) in [5.41, 5.74) is 4.45. The topological polar surface area (TPSA) is 80.5 Å². The van der Waals surface area contributed by atoms with E-state index in [1.165, 1.54) is 5.56 Å². The van der Waals surface area contributed by atoms with Gasteiger partial charge >= 0.3 is 0 Å². The van der Waals surface area contributed by atoms with E-state index in [9.17, 15) is 10.1 Å². The first kappa shape index (κ1) is 24.4. The van der Waals surface area contributed by atoms with E-state index in [1.807, 2.05) is 11.0 Å². The molecule has 1 saturated heterocycles. The molecule has 1 aromatic heterocycles. The minimum absolute atomic E-state index is 0.118. The van der Waals surface area contributed by atoms with Gasteiger partial charge in [0.05, 0.1) is 18.8 Å². The van der Waals surface area contributed by atoms with Crippen LogP contribution in [-0.2, 0) is 11.2 Å². The Morgan fingerprint density at radius 2 is 1.94 bits per heavy atom. The SMILES string of the molecule is CCCCc1ccnc(N2CCC(N[N+](=O)[O-])C2COC2CCC(c3ccccc3)CC2)c1F. The molecule has 1 N–H and O–H groups in total. The van der Waals surface area contributed by atoms with Crippen molar-refractivity contribution < 1.29 is 14.2 Å². The summed E-state index contributed by atoms with van der Waals surface area (Å²) in [6.07, 6.45) is 8.89. The molecular formula is C26H35FN4O3. The normalized spacial score (nSPS) is 24.8. The highest BCUT2D eigenvalue weighted by atomic mass is 19.1. The van der Waals surface area contributed by atoms with Crippen molar-refractivity contribution in [3.63, 3.8) is 0 Å². The zero-order chi connectivity index (χ0) is 23.9. The Morgan fingerprint density at radius 3 is 2.65 bits per heavy atom. The second-order valence-electron chi connectivity index (χ2n) is 9.47. The van der Waals surface area contributed by atoms with Crippen LogP contribution in [0.15, 0.2) is 42.6 Å². The summed E-state index contributed by atoms with van der Waals surface area (Å²) in [6, 6.07) is 11.5. The van der Waals surface area contributed by atoms with Gasteiger partial charge in [0, 0.05) is 12.7 Å². The van der Waals surface area contributed by atoms with Gasteiger partial charge in [0.15, 0.2) is 16.7 Å². The Balaban J connectivity index is 1.42. The third kappa shape index (κ3) is 5.84. The number of unbranched alkanes of at least 4 members (excludes halogenated alkanes) is 1. The Labute approximate surface area is 200 Å². The molecule has 184 valence electrons. The second-order valence-corrected chi connectivity index (χ2v) is 9.47. The molecule has 2 atom stereocenters. The summed E-state index contributed by atoms with van der Waals surface area (Å²) in [4.78, 5) is 17.4. The number of nitrogens with zero attached hydrogens (tertiary/aromatic N) is 3. The molecule has 1 aliphatic carbocycles. The van der Waals surface area contributed by atoms with Crippen LogP contribution in [0.1, 0.15) is 68.9 Å². The Bertz CT molecular complexity index is 937. The molecule has 7 nitrogen and oxygen atoms in total. The van der Waals surface area contributed by atoms with Crippen molar-refractivity contribution in [1.29, 1.82) is 0 Å². The fourth-order valence-corrected chi connectivity index (χ4v) is 5.36. The van der Waals surface area contributed by atoms with Crippen molar-refractivity contribution >= 4 is 5.82 Å². The van der Waals surface area contributed by atoms with Gasteiger partial charge in [-0.3, -0.25) is 0 Å². The van der Waals surface area contributed by atoms with E-state index in [2.05, 4.69) is 41.6 Å². The molecule has 1 aromatic carbocycles. The maximum atomic E-state index is 15.3. The average molecular weight is 471 g/mol. The number of anilines is 1. The van der Waals surface area contributed by atoms with Crippen molar-refractivity contribution in [2.45, 2.75) is 82.4 Å². The number of benzene rings is 1. The predicted molar refractivity (Wildman–Crippen MR) is 130 cm³/mol. The number of pyridine rings is 1. The molecule has 4 rings (SSSR count). The van der Waals surface area contributed by atoms with Gasteiger partial charge in [0.1, 0.15) is 6.04 Å². The van der Waals surface area contributed by atoms with Crippen molar-refractivity contribution in [2.75, 3.05) is 18.1 Å². The number of hydrazine groups is 1. The lowest BCUT2D eigenvalue weighted by Crippen LogP contribution is -2.48. The summed E-state index contributed by atoms with van der Waals surface area (Å²) < 4.78 is 21.6. The van der Waals surface area contributed by atoms with Crippen LogP contribution >= 0.6 is 0 Å². The van der Waals surface area contributed by atoms with Crippen molar-refractivity contribution in [3.05, 3.63) is 69.7 Å². The number of ether oxygens (including phenoxy) is 1. The van der Waals surface area contributed by atoms with Crippen molar-refractivity contribution in [1.82, 2.24) is 10.4 Å². The predicted octanol–water partition coefficient (Wildman–Crippen LogP) is 5.03. The molecule has 2 unspecified atom stereocenters. The van der Waals surface area contributed by atoms with Gasteiger partial charge in [0.25, 0.3) is 0 Å². The number of halogens is 1. The lowest BCUT2D eigenvalue weighted by molar-refractivity contribution is -0.551. The summed E-state index contributed by atoms with van der Waals surface area (Å²) in [5.74, 6) is 0.519. The van der Waals surface area contributed by atoms with Gasteiger partial charge in [-0.15, -0.1) is 5.43 Å². The second kappa shape index (κ2) is 11.6. The molecule has 8 heteroatoms. The molecule has 2 aromatic rings. The Kier molecular flexibility index (Phi) is 8.32. The molecule has 0 radical (unpaired) electrons. The minimum Gasteiger partial charge on any atom is -0.376 e. The van der Waals surface area contributed by atoms with E-state index in [1.54, 1.807) is 12.3 Å². The quantitative estimate of drug-likeness (QED) is 0.387. The van der Waals surface area contributed by atoms with E-state index in [4.69, 9.17) is 4.74 Å². The van der Waals surface area contributed by atoms with E-state index in [-0.39, 0.29) is 23.8 Å². The first-order valence-electron chi connectivity index (χ1n) is 12.5. The van der Waals surface area contributed by atoms with Gasteiger partial charge in [-0.1, -0.05) is 43.7 Å². The standard InChI is InChI=1S/C26H35FN4O3/c1-2-3-7-21-14-16-28-26(25(21)27)30-17-15-23(29-31(32)33)24(30)18-34-22-12-10-20(11-13-22)19-8-5-4-6-9-19/h4-6,8-9,14,16,20,22-24,29H,2-3,7,10-13,15,17-18H2,1H3. The molecule has 0 amide bonds. The van der Waals surface area contributed by atoms with Crippen LogP contribution in [0.3, 0.4) is 0 Å². The Morgan fingerprint density at radius 1 is 1.18 bits per heavy atom. The average Bonchev–Trinajstić information content (AvgIpc) is 3.24. The van der Waals surface area contributed by atoms with Gasteiger partial charge in [-0.2, -0.15) is 0 Å². The van der Waals surface area contributed by atoms with Gasteiger partial charge in [-0.25, -0.2) is 19.5 Å². The van der Waals surface area contributed by atoms with Crippen LogP contribution in [0.5, 0.6) is 0 Å². The van der Waals surface area contributed by atoms with Crippen LogP contribution in [0.4, 0.5) is 10.2 Å². The summed E-state index contributed by atoms with van der Waals surface area (Å²) in [5, 5.41) is 10.7. The number of hydrogen-bond donors (Lipinski definition) is 1. The van der Waals surface area contributed by atoms with Gasteiger partial charge in [0.2, 0.25) is 0 Å². The first-order valence-corrected chi connectivity index (χ1v) is 12.5. The van der Waals surface area contributed by atoms with E-state index < -0.39 is 11.1 Å². The van der Waals surface area contributed by atoms with Crippen molar-refractivity contribution in [2.24, 2.45) is 0 Å². The number of nitro groups is 1. The van der Waals surface area contributed by atoms with Crippen LogP contribution in [0.25, 0.3) is 0 Å². The molecule has 1 aliphatic heterocycles. The molecule has 2 heterocycles. The number of aryl methyl sites for hydroxylation is 1. The molecule has 2 aliphatic rings. The fraction of sp³-hybridized carbons (Fsp3) is 0.577. The lowest BCUT2D eigenvalue weighted by atomic mass is 9.83. The molecule has 34 heavy (non-hydrogen) atoms. The largest absolute Gasteiger partial charge is 0.376 e. The summed E-state index contributed by atoms with van der Waals surface area (Å²) in [6.45, 7) is 2.89. The van der Waals surface area contributed by atoms with E-state index in [0.717, 1.165) is 38.5 Å². The summed E-state index contributed by atoms with van der Waals surface area (Å²) >= 11 is 0. The first-order chi connectivity index (χ1) is 16.6. The van der Waals surface area contributed by atoms with Crippen LogP contribution in [-0.4, -0.2) is 41.4 Å². The highest BCUT2D eigenvalue weighted by Crippen LogP contribution is 2.35. The third-order valence-corrected chi connectivity index (χ3v) is 7.29. The zero-order valence-electron chi connectivity index (χ0n) is 19.9. The molecule has 0 spiro atoms. The molecule has 2 fully saturated rings. The van der Waals surface area contributed by atoms with Crippen LogP contribution in [0.2, 0.25) is 0 Å². The number of rotatable bonds is 10. The van der Waals surface area contributed by atoms with Gasteiger partial charge in [-0.05, 0) is 68.1 Å². The van der Waals surface area contributed by atoms with E-state index in [0.29, 0.717) is 37.5 Å². The third-order valence-electron chi connectivity index (χ3n) is 7.29. The highest BCUT2D eigenvalue weighted by Gasteiger charge is 2.40. The van der Waals surface area contributed by atoms with Crippen LogP contribution in [0, 0.1) is 15.9 Å². The highest BCUT2D eigenvalue weighted by molar-refractivity contribution is 5.46. The zero-order valence-corrected chi connectivity index (χ0v) is 19.9. The maximum Gasteiger partial charge on any atom is 0.168 e. The summed E-state index contributed by atoms with van der Waals surface area (Å²) in [7, 11) is 0. The lowest BCUT2D eigenvalue weighted by Gasteiger charge is -2.33. The fourth-order valence-electron chi connectivity index (χ4n) is 5.36. The van der Waals surface area contributed by atoms with Crippen molar-refractivity contribution in [3.8, 4) is 0 Å². The molecule has 1 saturated carbocycles. The van der Waals surface area contributed by atoms with E-state index >= 15 is 4.39 Å². The monoisotopic (exact) mass is 470 g/mol. The van der Waals surface area contributed by atoms with Crippen LogP contribution < -0.4 is 10.3 Å². The maximum absolute atomic E-state index is 15.3. The van der Waals surface area contributed by atoms with Gasteiger partial charge < -0.3 is 9.64 Å². The Hall–Kier alpha value is -2.74. The smallest absolute Gasteiger partial charge is 0.168 e. The molecular weight excluding hydrogens is 435 g/mol. The molecule has 0 bridgehead atoms. The minimum atomic E-state index is -0.506.